The summed E-state index contributed by atoms with van der Waals surface area (Å²) in [5.41, 5.74) is 4.91. The number of hydrogen-bond acceptors (Lipinski definition) is 2. The Labute approximate surface area is 167 Å². The SMILES string of the molecule is CC(C)c1ccc(CCC(=O)N2CCC(c3c[nH]c4ncccc34)CC2)cc1. The Kier molecular flexibility index (Phi) is 5.47. The average molecular weight is 376 g/mol. The van der Waals surface area contributed by atoms with Gasteiger partial charge in [0, 0.05) is 37.3 Å². The molecule has 1 saturated heterocycles. The summed E-state index contributed by atoms with van der Waals surface area (Å²) in [4.78, 5) is 22.4. The molecule has 0 unspecified atom stereocenters. The van der Waals surface area contributed by atoms with Gasteiger partial charge in [0.05, 0.1) is 0 Å². The van der Waals surface area contributed by atoms with Gasteiger partial charge in [0.2, 0.25) is 5.91 Å². The van der Waals surface area contributed by atoms with Gasteiger partial charge in [-0.25, -0.2) is 4.98 Å². The molecular formula is C24H29N3O. The van der Waals surface area contributed by atoms with E-state index in [1.165, 1.54) is 22.1 Å². The minimum Gasteiger partial charge on any atom is -0.346 e. The lowest BCUT2D eigenvalue weighted by atomic mass is 9.89. The summed E-state index contributed by atoms with van der Waals surface area (Å²) in [6, 6.07) is 12.8. The Morgan fingerprint density at radius 1 is 1.18 bits per heavy atom. The van der Waals surface area contributed by atoms with Crippen LogP contribution < -0.4 is 0 Å². The molecule has 2 aromatic heterocycles. The molecule has 1 aliphatic heterocycles. The molecule has 146 valence electrons. The quantitative estimate of drug-likeness (QED) is 0.680. The van der Waals surface area contributed by atoms with Gasteiger partial charge < -0.3 is 9.88 Å². The van der Waals surface area contributed by atoms with E-state index < -0.39 is 0 Å². The molecule has 4 heteroatoms. The molecular weight excluding hydrogens is 346 g/mol. The van der Waals surface area contributed by atoms with Crippen molar-refractivity contribution in [3.05, 3.63) is 65.5 Å². The van der Waals surface area contributed by atoms with Gasteiger partial charge in [-0.3, -0.25) is 4.79 Å². The van der Waals surface area contributed by atoms with Crippen molar-refractivity contribution in [1.29, 1.82) is 0 Å². The van der Waals surface area contributed by atoms with E-state index in [2.05, 4.69) is 60.3 Å². The van der Waals surface area contributed by atoms with Gasteiger partial charge in [-0.15, -0.1) is 0 Å². The molecule has 0 bridgehead atoms. The number of nitrogens with zero attached hydrogens (tertiary/aromatic N) is 2. The van der Waals surface area contributed by atoms with Gasteiger partial charge in [-0.05, 0) is 59.9 Å². The highest BCUT2D eigenvalue weighted by atomic mass is 16.2. The highest BCUT2D eigenvalue weighted by Gasteiger charge is 2.25. The number of aryl methyl sites for hydroxylation is 1. The first-order chi connectivity index (χ1) is 13.6. The van der Waals surface area contributed by atoms with Crippen LogP contribution in [0.5, 0.6) is 0 Å². The van der Waals surface area contributed by atoms with Crippen LogP contribution in [-0.2, 0) is 11.2 Å². The van der Waals surface area contributed by atoms with Crippen LogP contribution in [-0.4, -0.2) is 33.9 Å². The number of piperidine rings is 1. The molecule has 1 amide bonds. The lowest BCUT2D eigenvalue weighted by molar-refractivity contribution is -0.132. The lowest BCUT2D eigenvalue weighted by Gasteiger charge is -2.32. The van der Waals surface area contributed by atoms with Crippen molar-refractivity contribution in [1.82, 2.24) is 14.9 Å². The molecule has 3 aromatic rings. The second-order valence-corrected chi connectivity index (χ2v) is 8.19. The molecule has 0 saturated carbocycles. The van der Waals surface area contributed by atoms with Gasteiger partial charge in [0.15, 0.2) is 0 Å². The molecule has 1 aliphatic rings. The molecule has 0 spiro atoms. The fourth-order valence-corrected chi connectivity index (χ4v) is 4.23. The largest absolute Gasteiger partial charge is 0.346 e. The van der Waals surface area contributed by atoms with Crippen LogP contribution in [0.3, 0.4) is 0 Å². The van der Waals surface area contributed by atoms with Crippen LogP contribution >= 0.6 is 0 Å². The normalized spacial score (nSPS) is 15.5. The Morgan fingerprint density at radius 2 is 1.93 bits per heavy atom. The first-order valence-corrected chi connectivity index (χ1v) is 10.4. The van der Waals surface area contributed by atoms with E-state index in [4.69, 9.17) is 0 Å². The molecule has 4 rings (SSSR count). The zero-order valence-corrected chi connectivity index (χ0v) is 16.8. The minimum atomic E-state index is 0.284. The topological polar surface area (TPSA) is 49.0 Å². The Balaban J connectivity index is 1.30. The smallest absolute Gasteiger partial charge is 0.222 e. The van der Waals surface area contributed by atoms with Crippen LogP contribution in [0.4, 0.5) is 0 Å². The molecule has 28 heavy (non-hydrogen) atoms. The number of likely N-dealkylation sites (tertiary alicyclic amines) is 1. The monoisotopic (exact) mass is 375 g/mol. The number of H-pyrrole nitrogens is 1. The van der Waals surface area contributed by atoms with Crippen molar-refractivity contribution in [3.8, 4) is 0 Å². The van der Waals surface area contributed by atoms with Crippen molar-refractivity contribution in [2.75, 3.05) is 13.1 Å². The maximum absolute atomic E-state index is 12.7. The van der Waals surface area contributed by atoms with E-state index in [9.17, 15) is 4.79 Å². The van der Waals surface area contributed by atoms with Gasteiger partial charge in [-0.1, -0.05) is 38.1 Å². The highest BCUT2D eigenvalue weighted by molar-refractivity contribution is 5.80. The number of aromatic nitrogens is 2. The average Bonchev–Trinajstić information content (AvgIpc) is 3.16. The number of fused-ring (bicyclic) bond motifs is 1. The van der Waals surface area contributed by atoms with Crippen molar-refractivity contribution < 1.29 is 4.79 Å². The molecule has 1 fully saturated rings. The summed E-state index contributed by atoms with van der Waals surface area (Å²) >= 11 is 0. The number of pyridine rings is 1. The van der Waals surface area contributed by atoms with Crippen LogP contribution in [0.15, 0.2) is 48.8 Å². The van der Waals surface area contributed by atoms with Crippen LogP contribution in [0.1, 0.15) is 61.6 Å². The molecule has 0 aliphatic carbocycles. The fourth-order valence-electron chi connectivity index (χ4n) is 4.23. The van der Waals surface area contributed by atoms with E-state index in [0.717, 1.165) is 38.0 Å². The van der Waals surface area contributed by atoms with E-state index in [-0.39, 0.29) is 5.91 Å². The third-order valence-corrected chi connectivity index (χ3v) is 6.04. The van der Waals surface area contributed by atoms with E-state index in [1.54, 1.807) is 0 Å². The first-order valence-electron chi connectivity index (χ1n) is 10.4. The fraction of sp³-hybridized carbons (Fsp3) is 0.417. The summed E-state index contributed by atoms with van der Waals surface area (Å²) in [6.45, 7) is 6.11. The number of rotatable bonds is 5. The third kappa shape index (κ3) is 3.96. The van der Waals surface area contributed by atoms with Gasteiger partial charge in [0.1, 0.15) is 5.65 Å². The number of carbonyl (C=O) groups is 1. The Bertz CT molecular complexity index is 934. The first kappa shape index (κ1) is 18.7. The molecule has 1 N–H and O–H groups in total. The lowest BCUT2D eigenvalue weighted by Crippen LogP contribution is -2.38. The van der Waals surface area contributed by atoms with Gasteiger partial charge >= 0.3 is 0 Å². The van der Waals surface area contributed by atoms with Gasteiger partial charge in [0.25, 0.3) is 0 Å². The summed E-state index contributed by atoms with van der Waals surface area (Å²) < 4.78 is 0. The van der Waals surface area contributed by atoms with Crippen LogP contribution in [0.25, 0.3) is 11.0 Å². The third-order valence-electron chi connectivity index (χ3n) is 6.04. The Morgan fingerprint density at radius 3 is 2.64 bits per heavy atom. The number of hydrogen-bond donors (Lipinski definition) is 1. The highest BCUT2D eigenvalue weighted by Crippen LogP contribution is 2.32. The minimum absolute atomic E-state index is 0.284. The summed E-state index contributed by atoms with van der Waals surface area (Å²) in [7, 11) is 0. The second-order valence-electron chi connectivity index (χ2n) is 8.19. The van der Waals surface area contributed by atoms with E-state index >= 15 is 0 Å². The molecule has 0 radical (unpaired) electrons. The van der Waals surface area contributed by atoms with Crippen molar-refractivity contribution in [3.63, 3.8) is 0 Å². The molecule has 0 atom stereocenters. The van der Waals surface area contributed by atoms with Gasteiger partial charge in [-0.2, -0.15) is 0 Å². The zero-order chi connectivity index (χ0) is 19.5. The number of aromatic amines is 1. The number of benzene rings is 1. The maximum atomic E-state index is 12.7. The van der Waals surface area contributed by atoms with Crippen molar-refractivity contribution in [2.24, 2.45) is 0 Å². The molecule has 3 heterocycles. The number of amides is 1. The second kappa shape index (κ2) is 8.17. The van der Waals surface area contributed by atoms with Crippen molar-refractivity contribution in [2.45, 2.75) is 51.4 Å². The van der Waals surface area contributed by atoms with E-state index in [1.807, 2.05) is 17.2 Å². The Hall–Kier alpha value is -2.62. The van der Waals surface area contributed by atoms with Crippen LogP contribution in [0, 0.1) is 0 Å². The zero-order valence-electron chi connectivity index (χ0n) is 16.8. The summed E-state index contributed by atoms with van der Waals surface area (Å²) in [5, 5.41) is 1.22. The molecule has 1 aromatic carbocycles. The number of carbonyl (C=O) groups excluding carboxylic acids is 1. The standard InChI is InChI=1S/C24H29N3O/c1-17(2)19-8-5-18(6-9-19)7-10-23(28)27-14-11-20(12-15-27)22-16-26-24-21(22)4-3-13-25-24/h3-6,8-9,13,16-17,20H,7,10-12,14-15H2,1-2H3,(H,25,26). The number of nitrogens with one attached hydrogen (secondary N) is 1. The predicted octanol–water partition coefficient (Wildman–Crippen LogP) is 5.03. The van der Waals surface area contributed by atoms with Crippen LogP contribution in [0.2, 0.25) is 0 Å². The van der Waals surface area contributed by atoms with E-state index in [0.29, 0.717) is 18.3 Å². The summed E-state index contributed by atoms with van der Waals surface area (Å²) in [5.74, 6) is 1.34. The predicted molar refractivity (Wildman–Crippen MR) is 114 cm³/mol. The summed E-state index contributed by atoms with van der Waals surface area (Å²) in [6.07, 6.45) is 7.39. The molecule has 4 nitrogen and oxygen atoms in total. The maximum Gasteiger partial charge on any atom is 0.222 e. The van der Waals surface area contributed by atoms with Crippen molar-refractivity contribution >= 4 is 16.9 Å².